The highest BCUT2D eigenvalue weighted by atomic mass is 32.2. The molecule has 7 nitrogen and oxygen atoms in total. The number of aliphatic hydroxyl groups is 1. The molecule has 3 aromatic rings. The van der Waals surface area contributed by atoms with Crippen molar-refractivity contribution in [3.63, 3.8) is 0 Å². The number of para-hydroxylation sites is 1. The van der Waals surface area contributed by atoms with Crippen molar-refractivity contribution in [2.75, 3.05) is 18.1 Å². The lowest BCUT2D eigenvalue weighted by atomic mass is 10.0. The molecule has 0 aliphatic rings. The Kier molecular flexibility index (Phi) is 5.11. The van der Waals surface area contributed by atoms with E-state index in [4.69, 9.17) is 0 Å². The van der Waals surface area contributed by atoms with E-state index in [1.807, 2.05) is 36.4 Å². The van der Waals surface area contributed by atoms with E-state index in [2.05, 4.69) is 5.32 Å². The van der Waals surface area contributed by atoms with Crippen LogP contribution in [-0.4, -0.2) is 31.2 Å². The molecule has 0 aliphatic heterocycles. The number of fused-ring (bicyclic) bond motifs is 1. The van der Waals surface area contributed by atoms with Crippen molar-refractivity contribution in [1.82, 2.24) is 0 Å². The Labute approximate surface area is 156 Å². The summed E-state index contributed by atoms with van der Waals surface area (Å²) in [5, 5.41) is 26.6. The maximum absolute atomic E-state index is 11.8. The number of hydrogen-bond donors (Lipinski definition) is 2. The first-order valence-corrected chi connectivity index (χ1v) is 10.0. The van der Waals surface area contributed by atoms with E-state index >= 15 is 0 Å². The fourth-order valence-electron chi connectivity index (χ4n) is 2.89. The maximum atomic E-state index is 11.8. The summed E-state index contributed by atoms with van der Waals surface area (Å²) in [6.45, 7) is -0.00754. The first-order chi connectivity index (χ1) is 12.8. The minimum atomic E-state index is -3.76. The van der Waals surface area contributed by atoms with Crippen molar-refractivity contribution in [1.29, 1.82) is 0 Å². The van der Waals surface area contributed by atoms with Crippen LogP contribution in [0.3, 0.4) is 0 Å². The van der Waals surface area contributed by atoms with Gasteiger partial charge in [0.05, 0.1) is 11.0 Å². The van der Waals surface area contributed by atoms with Crippen LogP contribution in [0.5, 0.6) is 0 Å². The fourth-order valence-corrected chi connectivity index (χ4v) is 3.75. The summed E-state index contributed by atoms with van der Waals surface area (Å²) in [7, 11) is -3.76. The number of anilines is 1. The van der Waals surface area contributed by atoms with E-state index in [1.54, 1.807) is 6.07 Å². The molecule has 0 amide bonds. The Bertz CT molecular complexity index is 1110. The van der Waals surface area contributed by atoms with Gasteiger partial charge in [0, 0.05) is 12.8 Å². The minimum absolute atomic E-state index is 0.00754. The average molecular weight is 386 g/mol. The van der Waals surface area contributed by atoms with Crippen molar-refractivity contribution < 1.29 is 18.4 Å². The molecule has 0 aromatic heterocycles. The third kappa shape index (κ3) is 4.07. The summed E-state index contributed by atoms with van der Waals surface area (Å²) in [6.07, 6.45) is -0.000596. The van der Waals surface area contributed by atoms with Gasteiger partial charge in [-0.1, -0.05) is 42.5 Å². The van der Waals surface area contributed by atoms with Gasteiger partial charge in [0.15, 0.2) is 9.84 Å². The molecule has 0 heterocycles. The van der Waals surface area contributed by atoms with Gasteiger partial charge in [-0.3, -0.25) is 10.1 Å². The van der Waals surface area contributed by atoms with Gasteiger partial charge in [-0.05, 0) is 34.5 Å². The van der Waals surface area contributed by atoms with Crippen molar-refractivity contribution in [2.45, 2.75) is 11.0 Å². The molecule has 1 atom stereocenters. The van der Waals surface area contributed by atoms with Gasteiger partial charge in [-0.2, -0.15) is 0 Å². The molecule has 0 radical (unpaired) electrons. The van der Waals surface area contributed by atoms with Gasteiger partial charge < -0.3 is 10.4 Å². The molecule has 0 bridgehead atoms. The van der Waals surface area contributed by atoms with Gasteiger partial charge in [-0.25, -0.2) is 8.42 Å². The zero-order valence-corrected chi connectivity index (χ0v) is 15.3. The van der Waals surface area contributed by atoms with Gasteiger partial charge in [-0.15, -0.1) is 0 Å². The van der Waals surface area contributed by atoms with E-state index in [0.717, 1.165) is 17.0 Å². The summed E-state index contributed by atoms with van der Waals surface area (Å²) in [6, 6.07) is 17.3. The Hall–Kier alpha value is -2.97. The molecular formula is C19H18N2O5S. The number of sulfone groups is 1. The van der Waals surface area contributed by atoms with Gasteiger partial charge in [0.25, 0.3) is 0 Å². The molecule has 0 saturated heterocycles. The Morgan fingerprint density at radius 3 is 2.44 bits per heavy atom. The Morgan fingerprint density at radius 2 is 1.78 bits per heavy atom. The summed E-state index contributed by atoms with van der Waals surface area (Å²) < 4.78 is 23.6. The van der Waals surface area contributed by atoms with Gasteiger partial charge in [0.2, 0.25) is 0 Å². The zero-order chi connectivity index (χ0) is 19.6. The van der Waals surface area contributed by atoms with E-state index in [0.29, 0.717) is 5.56 Å². The van der Waals surface area contributed by atoms with E-state index in [1.165, 1.54) is 18.2 Å². The number of rotatable bonds is 6. The Balaban J connectivity index is 1.86. The monoisotopic (exact) mass is 386 g/mol. The number of nitrogens with one attached hydrogen (secondary N) is 1. The lowest BCUT2D eigenvalue weighted by molar-refractivity contribution is -0.386. The second kappa shape index (κ2) is 7.34. The number of nitro benzene ring substituents is 1. The summed E-state index contributed by atoms with van der Waals surface area (Å²) in [5.41, 5.74) is 0.177. The van der Waals surface area contributed by atoms with Crippen LogP contribution in [0.2, 0.25) is 0 Å². The molecule has 1 unspecified atom stereocenters. The molecule has 8 heteroatoms. The van der Waals surface area contributed by atoms with Crippen LogP contribution < -0.4 is 5.32 Å². The van der Waals surface area contributed by atoms with Crippen molar-refractivity contribution in [3.8, 4) is 0 Å². The normalized spacial score (nSPS) is 12.7. The highest BCUT2D eigenvalue weighted by Gasteiger charge is 2.26. The lowest BCUT2D eigenvalue weighted by Crippen LogP contribution is -2.14. The second-order valence-electron chi connectivity index (χ2n) is 6.18. The van der Waals surface area contributed by atoms with Crippen LogP contribution in [0.1, 0.15) is 11.7 Å². The fraction of sp³-hybridized carbons (Fsp3) is 0.158. The molecule has 0 spiro atoms. The average Bonchev–Trinajstić information content (AvgIpc) is 2.64. The van der Waals surface area contributed by atoms with Crippen LogP contribution in [0, 0.1) is 10.1 Å². The molecular weight excluding hydrogens is 368 g/mol. The number of benzene rings is 3. The van der Waals surface area contributed by atoms with Crippen molar-refractivity contribution >= 4 is 32.0 Å². The first-order valence-electron chi connectivity index (χ1n) is 8.15. The summed E-state index contributed by atoms with van der Waals surface area (Å²) in [4.78, 5) is 10.3. The van der Waals surface area contributed by atoms with Crippen LogP contribution in [0.15, 0.2) is 65.6 Å². The van der Waals surface area contributed by atoms with Gasteiger partial charge >= 0.3 is 5.69 Å². The summed E-state index contributed by atoms with van der Waals surface area (Å²) in [5.74, 6) is 0. The number of nitro groups is 1. The van der Waals surface area contributed by atoms with Crippen molar-refractivity contribution in [3.05, 3.63) is 76.3 Å². The predicted octanol–water partition coefficient (Wildman–Crippen LogP) is 3.30. The second-order valence-corrected chi connectivity index (χ2v) is 8.17. The molecule has 0 saturated carbocycles. The molecule has 0 aliphatic carbocycles. The molecule has 140 valence electrons. The zero-order valence-electron chi connectivity index (χ0n) is 14.5. The maximum Gasteiger partial charge on any atom is 0.310 e. The van der Waals surface area contributed by atoms with Crippen LogP contribution in [0.4, 0.5) is 11.4 Å². The topological polar surface area (TPSA) is 110 Å². The number of aliphatic hydroxyl groups excluding tert-OH is 1. The van der Waals surface area contributed by atoms with E-state index in [-0.39, 0.29) is 17.1 Å². The third-order valence-electron chi connectivity index (χ3n) is 4.23. The van der Waals surface area contributed by atoms with Crippen LogP contribution in [0.25, 0.3) is 10.8 Å². The predicted molar refractivity (Wildman–Crippen MR) is 104 cm³/mol. The number of hydrogen-bond acceptors (Lipinski definition) is 6. The number of nitrogens with zero attached hydrogens (tertiary/aromatic N) is 1. The standard InChI is InChI=1S/C19H18N2O5S/c1-27(25,26)18-8-4-7-16(19(18)21(23)24)20-12-17(22)15-10-9-13-5-2-3-6-14(13)11-15/h2-11,17,20,22H,12H2,1H3. The smallest absolute Gasteiger partial charge is 0.310 e. The SMILES string of the molecule is CS(=O)(=O)c1cccc(NCC(O)c2ccc3ccccc3c2)c1[N+](=O)[O-]. The quantitative estimate of drug-likeness (QED) is 0.497. The van der Waals surface area contributed by atoms with E-state index in [9.17, 15) is 23.6 Å². The Morgan fingerprint density at radius 1 is 1.07 bits per heavy atom. The van der Waals surface area contributed by atoms with Crippen LogP contribution in [-0.2, 0) is 9.84 Å². The van der Waals surface area contributed by atoms with Crippen molar-refractivity contribution in [2.24, 2.45) is 0 Å². The highest BCUT2D eigenvalue weighted by Crippen LogP contribution is 2.32. The minimum Gasteiger partial charge on any atom is -0.387 e. The highest BCUT2D eigenvalue weighted by molar-refractivity contribution is 7.90. The third-order valence-corrected chi connectivity index (χ3v) is 5.35. The molecule has 2 N–H and O–H groups in total. The molecule has 27 heavy (non-hydrogen) atoms. The molecule has 0 fully saturated rings. The first kappa shape index (κ1) is 18.8. The van der Waals surface area contributed by atoms with Crippen LogP contribution >= 0.6 is 0 Å². The summed E-state index contributed by atoms with van der Waals surface area (Å²) >= 11 is 0. The molecule has 3 rings (SSSR count). The van der Waals surface area contributed by atoms with E-state index < -0.39 is 26.6 Å². The lowest BCUT2D eigenvalue weighted by Gasteiger charge is -2.15. The van der Waals surface area contributed by atoms with Gasteiger partial charge in [0.1, 0.15) is 10.6 Å². The molecule has 3 aromatic carbocycles. The largest absolute Gasteiger partial charge is 0.387 e.